The highest BCUT2D eigenvalue weighted by atomic mass is 32.2. The third-order valence-corrected chi connectivity index (χ3v) is 7.57. The van der Waals surface area contributed by atoms with Crippen molar-refractivity contribution in [1.29, 1.82) is 0 Å². The fourth-order valence-electron chi connectivity index (χ4n) is 4.45. The van der Waals surface area contributed by atoms with E-state index in [4.69, 9.17) is 26.4 Å². The minimum absolute atomic E-state index is 0.119. The van der Waals surface area contributed by atoms with Crippen molar-refractivity contribution >= 4 is 41.1 Å². The molecule has 0 aromatic heterocycles. The molecule has 0 radical (unpaired) electrons. The molecule has 0 unspecified atom stereocenters. The van der Waals surface area contributed by atoms with Gasteiger partial charge in [-0.3, -0.25) is 14.6 Å². The number of methoxy groups -OCH3 is 1. The first-order chi connectivity index (χ1) is 18.0. The topological polar surface area (TPSA) is 63.3 Å². The fourth-order valence-corrected chi connectivity index (χ4v) is 5.71. The first kappa shape index (κ1) is 27.3. The zero-order chi connectivity index (χ0) is 26.2. The average Bonchev–Trinajstić information content (AvgIpc) is 3.17. The van der Waals surface area contributed by atoms with Crippen molar-refractivity contribution in [2.75, 3.05) is 51.5 Å². The molecule has 2 fully saturated rings. The lowest BCUT2D eigenvalue weighted by atomic mass is 10.1. The van der Waals surface area contributed by atoms with E-state index in [9.17, 15) is 4.79 Å². The fraction of sp³-hybridized carbons (Fsp3) is 0.429. The van der Waals surface area contributed by atoms with Crippen molar-refractivity contribution in [3.63, 3.8) is 0 Å². The van der Waals surface area contributed by atoms with Crippen LogP contribution in [0.25, 0.3) is 6.08 Å². The SMILES string of the molecule is CCOc1ccc(CCN2C(=O)/C(=C\c3ccc(OC)c(CN4CCSCC4)c3)NC2=S)cc1OCC. The van der Waals surface area contributed by atoms with Gasteiger partial charge in [0.15, 0.2) is 16.6 Å². The standard InChI is InChI=1S/C28H35N3O4S2/c1-4-34-25-9-6-20(18-26(25)35-5-2)10-11-31-27(32)23(29-28(31)36)17-21-7-8-24(33-3)22(16-21)19-30-12-14-37-15-13-30/h6-9,16-18H,4-5,10-15,19H2,1-3H3,(H,29,36)/b23-17+. The highest BCUT2D eigenvalue weighted by Gasteiger charge is 2.30. The van der Waals surface area contributed by atoms with Crippen LogP contribution < -0.4 is 19.5 Å². The molecule has 198 valence electrons. The minimum atomic E-state index is -0.119. The van der Waals surface area contributed by atoms with E-state index in [1.165, 1.54) is 0 Å². The molecule has 1 amide bonds. The van der Waals surface area contributed by atoms with Crippen molar-refractivity contribution in [1.82, 2.24) is 15.1 Å². The van der Waals surface area contributed by atoms with Gasteiger partial charge in [-0.15, -0.1) is 0 Å². The van der Waals surface area contributed by atoms with Gasteiger partial charge in [0.1, 0.15) is 11.4 Å². The summed E-state index contributed by atoms with van der Waals surface area (Å²) in [6.45, 7) is 8.47. The van der Waals surface area contributed by atoms with Crippen molar-refractivity contribution in [3.05, 3.63) is 58.8 Å². The van der Waals surface area contributed by atoms with Crippen molar-refractivity contribution in [2.24, 2.45) is 0 Å². The molecular formula is C28H35N3O4S2. The Morgan fingerprint density at radius 1 is 1.03 bits per heavy atom. The van der Waals surface area contributed by atoms with Gasteiger partial charge in [-0.1, -0.05) is 12.1 Å². The van der Waals surface area contributed by atoms with E-state index in [0.717, 1.165) is 65.1 Å². The number of hydrogen-bond acceptors (Lipinski definition) is 7. The Morgan fingerprint density at radius 2 is 1.76 bits per heavy atom. The van der Waals surface area contributed by atoms with E-state index in [0.29, 0.717) is 37.0 Å². The van der Waals surface area contributed by atoms with Crippen LogP contribution in [0.2, 0.25) is 0 Å². The molecule has 0 saturated carbocycles. The Kier molecular flexibility index (Phi) is 9.71. The summed E-state index contributed by atoms with van der Waals surface area (Å²) >= 11 is 7.50. The summed E-state index contributed by atoms with van der Waals surface area (Å²) in [6, 6.07) is 11.9. The predicted octanol–water partition coefficient (Wildman–Crippen LogP) is 4.34. The lowest BCUT2D eigenvalue weighted by molar-refractivity contribution is -0.122. The number of hydrogen-bond donors (Lipinski definition) is 1. The van der Waals surface area contributed by atoms with Gasteiger partial charge in [0.2, 0.25) is 0 Å². The van der Waals surface area contributed by atoms with Crippen molar-refractivity contribution in [3.8, 4) is 17.2 Å². The molecule has 37 heavy (non-hydrogen) atoms. The Balaban J connectivity index is 1.44. The minimum Gasteiger partial charge on any atom is -0.496 e. The number of nitrogens with zero attached hydrogens (tertiary/aromatic N) is 2. The second-order valence-corrected chi connectivity index (χ2v) is 10.4. The molecule has 0 spiro atoms. The number of thioether (sulfide) groups is 1. The number of thiocarbonyl (C=S) groups is 1. The van der Waals surface area contributed by atoms with Crippen molar-refractivity contribution in [2.45, 2.75) is 26.8 Å². The summed E-state index contributed by atoms with van der Waals surface area (Å²) in [4.78, 5) is 17.3. The van der Waals surface area contributed by atoms with Crippen LogP contribution in [-0.2, 0) is 17.8 Å². The zero-order valence-corrected chi connectivity index (χ0v) is 23.4. The number of carbonyl (C=O) groups excluding carboxylic acids is 1. The number of nitrogens with one attached hydrogen (secondary N) is 1. The molecule has 2 heterocycles. The summed E-state index contributed by atoms with van der Waals surface area (Å²) < 4.78 is 17.0. The van der Waals surface area contributed by atoms with Crippen molar-refractivity contribution < 1.29 is 19.0 Å². The Labute approximate surface area is 229 Å². The van der Waals surface area contributed by atoms with Crippen LogP contribution in [-0.4, -0.2) is 72.3 Å². The normalized spacial score (nSPS) is 17.3. The maximum absolute atomic E-state index is 13.2. The van der Waals surface area contributed by atoms with Crippen LogP contribution in [0.15, 0.2) is 42.1 Å². The van der Waals surface area contributed by atoms with E-state index in [1.54, 1.807) is 12.0 Å². The van der Waals surface area contributed by atoms with E-state index in [1.807, 2.05) is 62.0 Å². The summed E-state index contributed by atoms with van der Waals surface area (Å²) in [7, 11) is 1.70. The van der Waals surface area contributed by atoms with E-state index in [-0.39, 0.29) is 5.91 Å². The molecule has 0 aliphatic carbocycles. The molecule has 2 aliphatic heterocycles. The van der Waals surface area contributed by atoms with E-state index < -0.39 is 0 Å². The number of amides is 1. The molecule has 4 rings (SSSR count). The largest absolute Gasteiger partial charge is 0.496 e. The second-order valence-electron chi connectivity index (χ2n) is 8.80. The lowest BCUT2D eigenvalue weighted by Gasteiger charge is -2.26. The quantitative estimate of drug-likeness (QED) is 0.333. The molecule has 9 heteroatoms. The third kappa shape index (κ3) is 6.97. The summed E-state index contributed by atoms with van der Waals surface area (Å²) in [5, 5.41) is 3.53. The van der Waals surface area contributed by atoms with Crippen LogP contribution in [0, 0.1) is 0 Å². The molecule has 2 aromatic carbocycles. The first-order valence-electron chi connectivity index (χ1n) is 12.7. The van der Waals surface area contributed by atoms with Gasteiger partial charge in [0, 0.05) is 43.2 Å². The van der Waals surface area contributed by atoms with Crippen LogP contribution >= 0.6 is 24.0 Å². The maximum Gasteiger partial charge on any atom is 0.276 e. The molecule has 1 N–H and O–H groups in total. The number of ether oxygens (including phenoxy) is 3. The van der Waals surface area contributed by atoms with Crippen LogP contribution in [0.1, 0.15) is 30.5 Å². The summed E-state index contributed by atoms with van der Waals surface area (Å²) in [6.07, 6.45) is 2.52. The monoisotopic (exact) mass is 541 g/mol. The molecule has 2 aromatic rings. The highest BCUT2D eigenvalue weighted by Crippen LogP contribution is 2.29. The lowest BCUT2D eigenvalue weighted by Crippen LogP contribution is -2.32. The van der Waals surface area contributed by atoms with Gasteiger partial charge < -0.3 is 19.5 Å². The molecule has 2 saturated heterocycles. The first-order valence-corrected chi connectivity index (χ1v) is 14.3. The smallest absolute Gasteiger partial charge is 0.276 e. The molecule has 0 bridgehead atoms. The second kappa shape index (κ2) is 13.2. The van der Waals surface area contributed by atoms with Gasteiger partial charge in [-0.2, -0.15) is 11.8 Å². The maximum atomic E-state index is 13.2. The van der Waals surface area contributed by atoms with Gasteiger partial charge in [0.25, 0.3) is 5.91 Å². The molecule has 7 nitrogen and oxygen atoms in total. The Bertz CT molecular complexity index is 1150. The van der Waals surface area contributed by atoms with E-state index in [2.05, 4.69) is 16.3 Å². The average molecular weight is 542 g/mol. The van der Waals surface area contributed by atoms with Gasteiger partial charge in [-0.25, -0.2) is 0 Å². The molecule has 2 aliphatic rings. The number of benzene rings is 2. The van der Waals surface area contributed by atoms with Crippen LogP contribution in [0.5, 0.6) is 17.2 Å². The number of rotatable bonds is 11. The summed E-state index contributed by atoms with van der Waals surface area (Å²) in [5.41, 5.74) is 3.60. The Hall–Kier alpha value is -2.75. The van der Waals surface area contributed by atoms with Crippen LogP contribution in [0.3, 0.4) is 0 Å². The van der Waals surface area contributed by atoms with Gasteiger partial charge >= 0.3 is 0 Å². The van der Waals surface area contributed by atoms with Gasteiger partial charge in [0.05, 0.1) is 20.3 Å². The summed E-state index contributed by atoms with van der Waals surface area (Å²) in [5.74, 6) is 4.50. The zero-order valence-electron chi connectivity index (χ0n) is 21.7. The number of carbonyl (C=O) groups is 1. The van der Waals surface area contributed by atoms with E-state index >= 15 is 0 Å². The molecular weight excluding hydrogens is 506 g/mol. The van der Waals surface area contributed by atoms with Gasteiger partial charge in [-0.05, 0) is 74.0 Å². The predicted molar refractivity (Wildman–Crippen MR) is 154 cm³/mol. The van der Waals surface area contributed by atoms with Crippen LogP contribution in [0.4, 0.5) is 0 Å². The highest BCUT2D eigenvalue weighted by molar-refractivity contribution is 7.99. The molecule has 0 atom stereocenters. The Morgan fingerprint density at radius 3 is 2.49 bits per heavy atom. The third-order valence-electron chi connectivity index (χ3n) is 6.31.